The molecule has 1 atom stereocenters. The topological polar surface area (TPSA) is 85.3 Å². The van der Waals surface area contributed by atoms with E-state index < -0.39 is 0 Å². The van der Waals surface area contributed by atoms with Crippen LogP contribution in [0.25, 0.3) is 10.9 Å². The molecule has 1 amide bonds. The van der Waals surface area contributed by atoms with Crippen molar-refractivity contribution in [1.29, 1.82) is 0 Å². The Morgan fingerprint density at radius 1 is 1.26 bits per heavy atom. The summed E-state index contributed by atoms with van der Waals surface area (Å²) in [6.45, 7) is 4.51. The van der Waals surface area contributed by atoms with Crippen LogP contribution in [0.3, 0.4) is 0 Å². The van der Waals surface area contributed by atoms with E-state index in [1.165, 1.54) is 5.56 Å². The van der Waals surface area contributed by atoms with Crippen LogP contribution in [0.2, 0.25) is 0 Å². The number of nitrogens with zero attached hydrogens (tertiary/aromatic N) is 1. The van der Waals surface area contributed by atoms with E-state index in [1.54, 1.807) is 18.8 Å². The van der Waals surface area contributed by atoms with Gasteiger partial charge in [0.1, 0.15) is 11.3 Å². The van der Waals surface area contributed by atoms with Crippen LogP contribution in [-0.4, -0.2) is 36.3 Å². The van der Waals surface area contributed by atoms with Crippen molar-refractivity contribution in [1.82, 2.24) is 14.9 Å². The molecule has 1 aliphatic carbocycles. The van der Waals surface area contributed by atoms with Crippen LogP contribution >= 0.6 is 0 Å². The number of amides is 1. The first kappa shape index (κ1) is 21.2. The SMILES string of the molecule is COCCn1c(C)cc(C)c(C(=O)NC2CCCc3c2[nH]c2ccc(OC)cc32)c1=O. The average molecular weight is 424 g/mol. The lowest BCUT2D eigenvalue weighted by Gasteiger charge is -2.24. The fourth-order valence-electron chi connectivity index (χ4n) is 4.61. The Hall–Kier alpha value is -3.06. The number of aromatic amines is 1. The van der Waals surface area contributed by atoms with E-state index in [1.807, 2.05) is 38.1 Å². The van der Waals surface area contributed by atoms with Crippen molar-refractivity contribution in [3.05, 3.63) is 62.7 Å². The highest BCUT2D eigenvalue weighted by atomic mass is 16.5. The van der Waals surface area contributed by atoms with Crippen LogP contribution < -0.4 is 15.6 Å². The van der Waals surface area contributed by atoms with E-state index >= 15 is 0 Å². The molecule has 0 spiro atoms. The lowest BCUT2D eigenvalue weighted by atomic mass is 9.91. The molecule has 2 N–H and O–H groups in total. The van der Waals surface area contributed by atoms with Crippen molar-refractivity contribution in [2.75, 3.05) is 20.8 Å². The third-order valence-electron chi connectivity index (χ3n) is 6.17. The summed E-state index contributed by atoms with van der Waals surface area (Å²) in [5.41, 5.74) is 4.69. The number of H-pyrrole nitrogens is 1. The number of benzene rings is 1. The van der Waals surface area contributed by atoms with Crippen LogP contribution in [0.5, 0.6) is 5.75 Å². The second kappa shape index (κ2) is 8.59. The average Bonchev–Trinajstić information content (AvgIpc) is 3.12. The molecule has 0 fully saturated rings. The summed E-state index contributed by atoms with van der Waals surface area (Å²) in [6, 6.07) is 7.68. The Morgan fingerprint density at radius 2 is 2.06 bits per heavy atom. The minimum atomic E-state index is -0.331. The smallest absolute Gasteiger partial charge is 0.263 e. The summed E-state index contributed by atoms with van der Waals surface area (Å²) in [6.07, 6.45) is 2.74. The number of rotatable bonds is 6. The van der Waals surface area contributed by atoms with Crippen molar-refractivity contribution in [3.8, 4) is 5.75 Å². The largest absolute Gasteiger partial charge is 0.497 e. The lowest BCUT2D eigenvalue weighted by Crippen LogP contribution is -2.38. The fraction of sp³-hybridized carbons (Fsp3) is 0.417. The summed E-state index contributed by atoms with van der Waals surface area (Å²) in [5, 5.41) is 4.25. The van der Waals surface area contributed by atoms with Gasteiger partial charge in [-0.3, -0.25) is 9.59 Å². The Labute approximate surface area is 181 Å². The fourth-order valence-corrected chi connectivity index (χ4v) is 4.61. The maximum Gasteiger partial charge on any atom is 0.263 e. The number of carbonyl (C=O) groups is 1. The van der Waals surface area contributed by atoms with Crippen LogP contribution in [0, 0.1) is 13.8 Å². The Morgan fingerprint density at radius 3 is 2.81 bits per heavy atom. The molecule has 2 aromatic heterocycles. The second-order valence-electron chi connectivity index (χ2n) is 8.14. The second-order valence-corrected chi connectivity index (χ2v) is 8.14. The zero-order chi connectivity index (χ0) is 22.1. The third-order valence-corrected chi connectivity index (χ3v) is 6.17. The number of aryl methyl sites for hydroxylation is 3. The molecule has 4 rings (SSSR count). The van der Waals surface area contributed by atoms with E-state index in [-0.39, 0.29) is 23.1 Å². The summed E-state index contributed by atoms with van der Waals surface area (Å²) in [7, 11) is 3.26. The summed E-state index contributed by atoms with van der Waals surface area (Å²) < 4.78 is 12.1. The predicted molar refractivity (Wildman–Crippen MR) is 120 cm³/mol. The molecule has 1 aromatic carbocycles. The van der Waals surface area contributed by atoms with Crippen molar-refractivity contribution < 1.29 is 14.3 Å². The van der Waals surface area contributed by atoms with Gasteiger partial charge in [-0.2, -0.15) is 0 Å². The van der Waals surface area contributed by atoms with Gasteiger partial charge in [-0.05, 0) is 68.5 Å². The molecule has 0 saturated carbocycles. The van der Waals surface area contributed by atoms with E-state index in [4.69, 9.17) is 9.47 Å². The van der Waals surface area contributed by atoms with Gasteiger partial charge in [0.15, 0.2) is 0 Å². The molecular formula is C24H29N3O4. The third kappa shape index (κ3) is 3.85. The minimum absolute atomic E-state index is 0.165. The highest BCUT2D eigenvalue weighted by molar-refractivity contribution is 5.96. The van der Waals surface area contributed by atoms with Gasteiger partial charge >= 0.3 is 0 Å². The molecule has 0 bridgehead atoms. The molecule has 0 radical (unpaired) electrons. The minimum Gasteiger partial charge on any atom is -0.497 e. The Bertz CT molecular complexity index is 1190. The normalized spacial score (nSPS) is 15.7. The Balaban J connectivity index is 1.67. The van der Waals surface area contributed by atoms with Gasteiger partial charge in [0.25, 0.3) is 11.5 Å². The monoisotopic (exact) mass is 423 g/mol. The highest BCUT2D eigenvalue weighted by Gasteiger charge is 2.28. The van der Waals surface area contributed by atoms with E-state index in [0.29, 0.717) is 18.7 Å². The predicted octanol–water partition coefficient (Wildman–Crippen LogP) is 3.41. The molecule has 7 heteroatoms. The standard InChI is InChI=1S/C24H29N3O4/c1-14-12-15(2)27(10-11-30-3)24(29)21(14)23(28)26-20-7-5-6-17-18-13-16(31-4)8-9-19(18)25-22(17)20/h8-9,12-13,20,25H,5-7,10-11H2,1-4H3,(H,26,28). The summed E-state index contributed by atoms with van der Waals surface area (Å²) in [4.78, 5) is 29.8. The van der Waals surface area contributed by atoms with E-state index in [2.05, 4.69) is 10.3 Å². The number of methoxy groups -OCH3 is 2. The zero-order valence-corrected chi connectivity index (χ0v) is 18.5. The maximum atomic E-state index is 13.2. The number of carbonyl (C=O) groups excluding carboxylic acids is 1. The number of hydrogen-bond acceptors (Lipinski definition) is 4. The first-order valence-electron chi connectivity index (χ1n) is 10.6. The summed E-state index contributed by atoms with van der Waals surface area (Å²) >= 11 is 0. The van der Waals surface area contributed by atoms with Crippen LogP contribution in [0.15, 0.2) is 29.1 Å². The molecule has 0 saturated heterocycles. The van der Waals surface area contributed by atoms with Gasteiger partial charge in [-0.15, -0.1) is 0 Å². The van der Waals surface area contributed by atoms with Crippen LogP contribution in [0.1, 0.15) is 51.8 Å². The number of fused-ring (bicyclic) bond motifs is 3. The van der Waals surface area contributed by atoms with Crippen molar-refractivity contribution >= 4 is 16.8 Å². The van der Waals surface area contributed by atoms with Gasteiger partial charge in [0.2, 0.25) is 0 Å². The van der Waals surface area contributed by atoms with Crippen LogP contribution in [-0.2, 0) is 17.7 Å². The molecule has 1 aliphatic rings. The lowest BCUT2D eigenvalue weighted by molar-refractivity contribution is 0.0928. The van der Waals surface area contributed by atoms with Crippen molar-refractivity contribution in [2.24, 2.45) is 0 Å². The molecule has 164 valence electrons. The first-order chi connectivity index (χ1) is 14.9. The molecule has 31 heavy (non-hydrogen) atoms. The summed E-state index contributed by atoms with van der Waals surface area (Å²) in [5.74, 6) is 0.482. The highest BCUT2D eigenvalue weighted by Crippen LogP contribution is 2.36. The van der Waals surface area contributed by atoms with Crippen molar-refractivity contribution in [2.45, 2.75) is 45.7 Å². The van der Waals surface area contributed by atoms with E-state index in [0.717, 1.165) is 47.3 Å². The molecule has 3 aromatic rings. The van der Waals surface area contributed by atoms with E-state index in [9.17, 15) is 9.59 Å². The van der Waals surface area contributed by atoms with Gasteiger partial charge in [0.05, 0.1) is 19.8 Å². The van der Waals surface area contributed by atoms with Crippen LogP contribution in [0.4, 0.5) is 0 Å². The van der Waals surface area contributed by atoms with Crippen molar-refractivity contribution in [3.63, 3.8) is 0 Å². The molecule has 2 heterocycles. The zero-order valence-electron chi connectivity index (χ0n) is 18.5. The van der Waals surface area contributed by atoms with Gasteiger partial charge in [0, 0.05) is 35.9 Å². The van der Waals surface area contributed by atoms with Gasteiger partial charge < -0.3 is 24.3 Å². The number of nitrogens with one attached hydrogen (secondary N) is 2. The van der Waals surface area contributed by atoms with Gasteiger partial charge in [-0.25, -0.2) is 0 Å². The molecule has 0 aliphatic heterocycles. The molecule has 1 unspecified atom stereocenters. The quantitative estimate of drug-likeness (QED) is 0.636. The number of ether oxygens (including phenoxy) is 2. The number of hydrogen-bond donors (Lipinski definition) is 2. The molecule has 7 nitrogen and oxygen atoms in total. The number of pyridine rings is 1. The Kier molecular flexibility index (Phi) is 5.87. The first-order valence-corrected chi connectivity index (χ1v) is 10.6. The van der Waals surface area contributed by atoms with Gasteiger partial charge in [-0.1, -0.05) is 0 Å². The number of aromatic nitrogens is 2. The maximum absolute atomic E-state index is 13.2. The molecular weight excluding hydrogens is 394 g/mol.